The van der Waals surface area contributed by atoms with E-state index in [1.54, 1.807) is 30.7 Å². The van der Waals surface area contributed by atoms with Gasteiger partial charge >= 0.3 is 0 Å². The van der Waals surface area contributed by atoms with E-state index in [0.717, 1.165) is 67.1 Å². The molecule has 10 nitrogen and oxygen atoms in total. The number of fused-ring (bicyclic) bond motifs is 1. The fourth-order valence-electron chi connectivity index (χ4n) is 7.06. The molecule has 4 atom stereocenters. The average Bonchev–Trinajstić information content (AvgIpc) is 3.97. The van der Waals surface area contributed by atoms with Gasteiger partial charge in [0, 0.05) is 46.4 Å². The van der Waals surface area contributed by atoms with Gasteiger partial charge in [-0.2, -0.15) is 4.31 Å². The number of nitrogens with zero attached hydrogens (tertiary/aromatic N) is 2. The van der Waals surface area contributed by atoms with Crippen LogP contribution in [-0.2, 0) is 46.7 Å². The highest BCUT2D eigenvalue weighted by atomic mass is 32.2. The minimum atomic E-state index is -3.75. The molecule has 50 heavy (non-hydrogen) atoms. The molecule has 272 valence electrons. The maximum Gasteiger partial charge on any atom is 0.243 e. The van der Waals surface area contributed by atoms with Gasteiger partial charge in [0.2, 0.25) is 10.0 Å². The molecule has 6 rings (SSSR count). The number of epoxide rings is 1. The Bertz CT molecular complexity index is 1610. The second-order valence-electron chi connectivity index (χ2n) is 13.6. The first-order valence-corrected chi connectivity index (χ1v) is 19.2. The Balaban J connectivity index is 1.27. The molecule has 0 saturated carbocycles. The molecular weight excluding hydrogens is 657 g/mol. The highest BCUT2D eigenvalue weighted by molar-refractivity contribution is 7.89. The second kappa shape index (κ2) is 17.5. The molecule has 0 aromatic heterocycles. The molecule has 0 bridgehead atoms. The predicted octanol–water partition coefficient (Wildman–Crippen LogP) is 5.21. The van der Waals surface area contributed by atoms with Crippen LogP contribution in [0, 0.1) is 12.8 Å². The Labute approximate surface area is 297 Å². The monoisotopic (exact) mass is 708 g/mol. The van der Waals surface area contributed by atoms with Gasteiger partial charge in [-0.3, -0.25) is 0 Å². The molecule has 0 aliphatic carbocycles. The van der Waals surface area contributed by atoms with Crippen LogP contribution in [0.1, 0.15) is 41.0 Å². The Morgan fingerprint density at radius 2 is 1.66 bits per heavy atom. The van der Waals surface area contributed by atoms with Gasteiger partial charge in [-0.1, -0.05) is 48.0 Å². The Morgan fingerprint density at radius 3 is 2.40 bits per heavy atom. The first-order valence-electron chi connectivity index (χ1n) is 17.8. The zero-order chi connectivity index (χ0) is 34.9. The van der Waals surface area contributed by atoms with Gasteiger partial charge in [0.1, 0.15) is 18.5 Å². The quantitative estimate of drug-likeness (QED) is 0.130. The summed E-state index contributed by atoms with van der Waals surface area (Å²) in [5.41, 5.74) is 5.56. The zero-order valence-corrected chi connectivity index (χ0v) is 30.4. The van der Waals surface area contributed by atoms with Crippen LogP contribution in [0.4, 0.5) is 5.69 Å². The molecule has 3 aliphatic rings. The predicted molar refractivity (Wildman–Crippen MR) is 193 cm³/mol. The highest BCUT2D eigenvalue weighted by Gasteiger charge is 2.43. The summed E-state index contributed by atoms with van der Waals surface area (Å²) in [6.07, 6.45) is 2.25. The van der Waals surface area contributed by atoms with Gasteiger partial charge < -0.3 is 33.3 Å². The Hall–Kier alpha value is -3.03. The maximum absolute atomic E-state index is 14.1. The lowest BCUT2D eigenvalue weighted by Crippen LogP contribution is -2.51. The highest BCUT2D eigenvalue weighted by Crippen LogP contribution is 2.41. The van der Waals surface area contributed by atoms with Crippen molar-refractivity contribution in [2.45, 2.75) is 55.8 Å². The molecule has 0 spiro atoms. The SMILES string of the molecule is COCCCN1CCOc2ccc(CC[C@H]3CN(S(=O)(=O)c4ccc(C)cc4)C[C@@H](OC[C@H]4CO4)[C@@H]3c3ccc(COCCOC)cc3)cc21. The molecule has 0 unspecified atom stereocenters. The molecule has 3 heterocycles. The molecule has 3 aromatic rings. The number of methoxy groups -OCH3 is 2. The van der Waals surface area contributed by atoms with Crippen molar-refractivity contribution in [3.8, 4) is 5.75 Å². The van der Waals surface area contributed by atoms with Crippen LogP contribution in [0.5, 0.6) is 5.75 Å². The van der Waals surface area contributed by atoms with E-state index in [9.17, 15) is 8.42 Å². The largest absolute Gasteiger partial charge is 0.490 e. The third-order valence-corrected chi connectivity index (χ3v) is 11.8. The lowest BCUT2D eigenvalue weighted by Gasteiger charge is -2.43. The minimum absolute atomic E-state index is 0.00276. The van der Waals surface area contributed by atoms with Crippen LogP contribution in [-0.4, -0.2) is 105 Å². The zero-order valence-electron chi connectivity index (χ0n) is 29.6. The number of benzene rings is 3. The summed E-state index contributed by atoms with van der Waals surface area (Å²) in [5.74, 6) is 0.904. The van der Waals surface area contributed by atoms with E-state index in [0.29, 0.717) is 51.1 Å². The van der Waals surface area contributed by atoms with Gasteiger partial charge in [0.05, 0.1) is 56.3 Å². The fourth-order valence-corrected chi connectivity index (χ4v) is 8.57. The molecule has 11 heteroatoms. The van der Waals surface area contributed by atoms with E-state index in [1.807, 2.05) is 19.1 Å². The van der Waals surface area contributed by atoms with E-state index in [2.05, 4.69) is 47.4 Å². The van der Waals surface area contributed by atoms with Crippen LogP contribution in [0.2, 0.25) is 0 Å². The maximum atomic E-state index is 14.1. The van der Waals surface area contributed by atoms with Gasteiger partial charge in [-0.25, -0.2) is 8.42 Å². The number of ether oxygens (including phenoxy) is 6. The molecule has 0 radical (unpaired) electrons. The third-order valence-electron chi connectivity index (χ3n) is 9.92. The third kappa shape index (κ3) is 9.44. The normalized spacial score (nSPS) is 22.3. The molecule has 2 fully saturated rings. The number of rotatable bonds is 18. The van der Waals surface area contributed by atoms with E-state index in [-0.39, 0.29) is 30.6 Å². The molecule has 0 amide bonds. The number of hydrogen-bond acceptors (Lipinski definition) is 9. The smallest absolute Gasteiger partial charge is 0.243 e. The van der Waals surface area contributed by atoms with Crippen molar-refractivity contribution < 1.29 is 36.8 Å². The van der Waals surface area contributed by atoms with Gasteiger partial charge in [-0.15, -0.1) is 0 Å². The van der Waals surface area contributed by atoms with Crippen molar-refractivity contribution >= 4 is 15.7 Å². The van der Waals surface area contributed by atoms with Crippen LogP contribution in [0.3, 0.4) is 0 Å². The minimum Gasteiger partial charge on any atom is -0.490 e. The molecule has 2 saturated heterocycles. The number of hydrogen-bond donors (Lipinski definition) is 0. The van der Waals surface area contributed by atoms with E-state index < -0.39 is 10.0 Å². The van der Waals surface area contributed by atoms with Crippen molar-refractivity contribution in [3.05, 3.63) is 89.0 Å². The van der Waals surface area contributed by atoms with Crippen molar-refractivity contribution in [2.24, 2.45) is 5.92 Å². The standard InChI is InChI=1S/C39H52N2O8S/c1-29-5-14-35(15-6-29)50(42,43)41-24-33(13-7-30-10-16-37-36(23-30)40(18-20-47-37)17-4-19-44-2)39(38(25-41)49-28-34-27-48-34)32-11-8-31(9-12-32)26-46-22-21-45-3/h5-6,8-12,14-16,23,33-34,38-39H,4,7,13,17-22,24-28H2,1-3H3/t33-,34+,38+,39+/m0/s1. The van der Waals surface area contributed by atoms with Gasteiger partial charge in [-0.05, 0) is 73.1 Å². The number of aryl methyl sites for hydroxylation is 2. The number of sulfonamides is 1. The summed E-state index contributed by atoms with van der Waals surface area (Å²) in [6.45, 7) is 8.48. The van der Waals surface area contributed by atoms with E-state index in [1.165, 1.54) is 5.56 Å². The molecular formula is C39H52N2O8S. The van der Waals surface area contributed by atoms with Crippen LogP contribution >= 0.6 is 0 Å². The van der Waals surface area contributed by atoms with Crippen LogP contribution < -0.4 is 9.64 Å². The topological polar surface area (TPSA) is 99.3 Å². The lowest BCUT2D eigenvalue weighted by molar-refractivity contribution is -0.0233. The summed E-state index contributed by atoms with van der Waals surface area (Å²) in [6, 6.07) is 22.1. The van der Waals surface area contributed by atoms with Crippen LogP contribution in [0.25, 0.3) is 0 Å². The number of anilines is 1. The summed E-state index contributed by atoms with van der Waals surface area (Å²) < 4.78 is 64.2. The van der Waals surface area contributed by atoms with Gasteiger partial charge in [0.25, 0.3) is 0 Å². The summed E-state index contributed by atoms with van der Waals surface area (Å²) >= 11 is 0. The summed E-state index contributed by atoms with van der Waals surface area (Å²) in [7, 11) is -0.345. The first kappa shape index (κ1) is 36.8. The van der Waals surface area contributed by atoms with Gasteiger partial charge in [0.15, 0.2) is 0 Å². The molecule has 3 aliphatic heterocycles. The molecule has 3 aromatic carbocycles. The lowest BCUT2D eigenvalue weighted by atomic mass is 9.76. The van der Waals surface area contributed by atoms with Crippen molar-refractivity contribution in [2.75, 3.05) is 84.9 Å². The number of piperidine rings is 1. The Morgan fingerprint density at radius 1 is 0.900 bits per heavy atom. The summed E-state index contributed by atoms with van der Waals surface area (Å²) in [4.78, 5) is 2.69. The van der Waals surface area contributed by atoms with E-state index >= 15 is 0 Å². The van der Waals surface area contributed by atoms with Crippen molar-refractivity contribution in [1.29, 1.82) is 0 Å². The second-order valence-corrected chi connectivity index (χ2v) is 15.5. The molecule has 0 N–H and O–H groups in total. The fraction of sp³-hybridized carbons (Fsp3) is 0.538. The van der Waals surface area contributed by atoms with Crippen molar-refractivity contribution in [3.63, 3.8) is 0 Å². The van der Waals surface area contributed by atoms with Crippen molar-refractivity contribution in [1.82, 2.24) is 4.31 Å². The Kier molecular flexibility index (Phi) is 12.8. The summed E-state index contributed by atoms with van der Waals surface area (Å²) in [5, 5.41) is 0. The van der Waals surface area contributed by atoms with E-state index in [4.69, 9.17) is 28.4 Å². The average molecular weight is 709 g/mol. The first-order chi connectivity index (χ1) is 24.4. The van der Waals surface area contributed by atoms with Crippen LogP contribution in [0.15, 0.2) is 71.6 Å².